The molecule has 0 aliphatic carbocycles. The van der Waals surface area contributed by atoms with E-state index in [1.807, 2.05) is 19.9 Å². The Labute approximate surface area is 104 Å². The number of hydrogen-bond donors (Lipinski definition) is 2. The number of imidazole rings is 1. The van der Waals surface area contributed by atoms with Crippen molar-refractivity contribution in [3.8, 4) is 0 Å². The molecule has 1 amide bonds. The van der Waals surface area contributed by atoms with Gasteiger partial charge in [-0.2, -0.15) is 0 Å². The minimum Gasteiger partial charge on any atom is -0.352 e. The van der Waals surface area contributed by atoms with Crippen LogP contribution in [0, 0.1) is 13.8 Å². The second-order valence-electron chi connectivity index (χ2n) is 3.91. The summed E-state index contributed by atoms with van der Waals surface area (Å²) in [4.78, 5) is 21.1. The average Bonchev–Trinajstić information content (AvgIpc) is 2.88. The lowest BCUT2D eigenvalue weighted by atomic mass is 10.2. The van der Waals surface area contributed by atoms with Crippen molar-refractivity contribution >= 4 is 17.2 Å². The first-order valence-corrected chi connectivity index (χ1v) is 6.31. The molecule has 2 N–H and O–H groups in total. The van der Waals surface area contributed by atoms with Gasteiger partial charge in [0, 0.05) is 34.6 Å². The van der Waals surface area contributed by atoms with Gasteiger partial charge in [0.15, 0.2) is 0 Å². The second-order valence-corrected chi connectivity index (χ2v) is 5.37. The minimum absolute atomic E-state index is 0.00589. The van der Waals surface area contributed by atoms with E-state index in [2.05, 4.69) is 15.3 Å². The van der Waals surface area contributed by atoms with Crippen LogP contribution in [0.5, 0.6) is 0 Å². The summed E-state index contributed by atoms with van der Waals surface area (Å²) >= 11 is 1.65. The van der Waals surface area contributed by atoms with Crippen LogP contribution in [0.25, 0.3) is 0 Å². The SMILES string of the molecule is Cc1cc(C(=O)NCCc2cnc[nH]2)c(C)s1. The van der Waals surface area contributed by atoms with Gasteiger partial charge in [-0.3, -0.25) is 4.79 Å². The van der Waals surface area contributed by atoms with Crippen molar-refractivity contribution in [1.82, 2.24) is 15.3 Å². The number of carbonyl (C=O) groups is 1. The Kier molecular flexibility index (Phi) is 3.58. The van der Waals surface area contributed by atoms with E-state index in [4.69, 9.17) is 0 Å². The molecule has 17 heavy (non-hydrogen) atoms. The molecule has 0 aliphatic heterocycles. The number of amides is 1. The minimum atomic E-state index is 0.00589. The highest BCUT2D eigenvalue weighted by Crippen LogP contribution is 2.20. The van der Waals surface area contributed by atoms with Crippen LogP contribution >= 0.6 is 11.3 Å². The number of aromatic amines is 1. The second kappa shape index (κ2) is 5.14. The Balaban J connectivity index is 1.87. The molecule has 2 aromatic heterocycles. The van der Waals surface area contributed by atoms with Crippen LogP contribution in [0.2, 0.25) is 0 Å². The number of aromatic nitrogens is 2. The van der Waals surface area contributed by atoms with Crippen molar-refractivity contribution in [1.29, 1.82) is 0 Å². The van der Waals surface area contributed by atoms with Crippen molar-refractivity contribution in [3.05, 3.63) is 39.6 Å². The molecule has 2 rings (SSSR count). The molecule has 2 aromatic rings. The van der Waals surface area contributed by atoms with Crippen LogP contribution in [0.15, 0.2) is 18.6 Å². The summed E-state index contributed by atoms with van der Waals surface area (Å²) in [5, 5.41) is 2.91. The third kappa shape index (κ3) is 2.94. The zero-order valence-corrected chi connectivity index (χ0v) is 10.7. The Morgan fingerprint density at radius 2 is 2.35 bits per heavy atom. The number of H-pyrrole nitrogens is 1. The van der Waals surface area contributed by atoms with E-state index in [0.29, 0.717) is 6.54 Å². The third-order valence-corrected chi connectivity index (χ3v) is 3.49. The molecule has 2 heterocycles. The van der Waals surface area contributed by atoms with Crippen LogP contribution in [-0.2, 0) is 6.42 Å². The number of nitrogens with zero attached hydrogens (tertiary/aromatic N) is 1. The lowest BCUT2D eigenvalue weighted by Gasteiger charge is -2.03. The molecule has 0 spiro atoms. The molecule has 4 nitrogen and oxygen atoms in total. The van der Waals surface area contributed by atoms with Gasteiger partial charge >= 0.3 is 0 Å². The smallest absolute Gasteiger partial charge is 0.252 e. The predicted molar refractivity (Wildman–Crippen MR) is 68.4 cm³/mol. The number of aryl methyl sites for hydroxylation is 2. The van der Waals surface area contributed by atoms with Gasteiger partial charge < -0.3 is 10.3 Å². The van der Waals surface area contributed by atoms with Crippen molar-refractivity contribution < 1.29 is 4.79 Å². The molecule has 0 saturated heterocycles. The molecule has 90 valence electrons. The molecular formula is C12H15N3OS. The summed E-state index contributed by atoms with van der Waals surface area (Å²) in [5.74, 6) is 0.00589. The van der Waals surface area contributed by atoms with Gasteiger partial charge in [-0.15, -0.1) is 11.3 Å². The fourth-order valence-corrected chi connectivity index (χ4v) is 2.60. The largest absolute Gasteiger partial charge is 0.352 e. The van der Waals surface area contributed by atoms with Crippen LogP contribution in [0.3, 0.4) is 0 Å². The summed E-state index contributed by atoms with van der Waals surface area (Å²) in [6.07, 6.45) is 4.18. The van der Waals surface area contributed by atoms with Gasteiger partial charge in [-0.25, -0.2) is 4.98 Å². The zero-order valence-electron chi connectivity index (χ0n) is 9.91. The normalized spacial score (nSPS) is 10.5. The van der Waals surface area contributed by atoms with E-state index < -0.39 is 0 Å². The molecular weight excluding hydrogens is 234 g/mol. The fourth-order valence-electron chi connectivity index (χ4n) is 1.68. The Hall–Kier alpha value is -1.62. The molecule has 0 aromatic carbocycles. The van der Waals surface area contributed by atoms with Gasteiger partial charge in [0.05, 0.1) is 11.9 Å². The number of hydrogen-bond acceptors (Lipinski definition) is 3. The van der Waals surface area contributed by atoms with Crippen molar-refractivity contribution in [3.63, 3.8) is 0 Å². The van der Waals surface area contributed by atoms with Gasteiger partial charge in [0.25, 0.3) is 5.91 Å². The maximum atomic E-state index is 11.9. The average molecular weight is 249 g/mol. The van der Waals surface area contributed by atoms with Crippen molar-refractivity contribution in [2.75, 3.05) is 6.54 Å². The Morgan fingerprint density at radius 3 is 2.94 bits per heavy atom. The predicted octanol–water partition coefficient (Wildman–Crippen LogP) is 2.06. The lowest BCUT2D eigenvalue weighted by molar-refractivity contribution is 0.0954. The first-order chi connectivity index (χ1) is 8.16. The van der Waals surface area contributed by atoms with E-state index in [-0.39, 0.29) is 5.91 Å². The topological polar surface area (TPSA) is 57.8 Å². The number of thiophene rings is 1. The summed E-state index contributed by atoms with van der Waals surface area (Å²) in [7, 11) is 0. The lowest BCUT2D eigenvalue weighted by Crippen LogP contribution is -2.25. The molecule has 0 fully saturated rings. The quantitative estimate of drug-likeness (QED) is 0.871. The van der Waals surface area contributed by atoms with E-state index >= 15 is 0 Å². The summed E-state index contributed by atoms with van der Waals surface area (Å²) in [6.45, 7) is 4.61. The molecule has 5 heteroatoms. The fraction of sp³-hybridized carbons (Fsp3) is 0.333. The van der Waals surface area contributed by atoms with Crippen LogP contribution in [0.4, 0.5) is 0 Å². The molecule has 0 radical (unpaired) electrons. The number of carbonyl (C=O) groups excluding carboxylic acids is 1. The molecule has 0 atom stereocenters. The van der Waals surface area contributed by atoms with Crippen LogP contribution in [-0.4, -0.2) is 22.4 Å². The molecule has 0 aliphatic rings. The van der Waals surface area contributed by atoms with Crippen molar-refractivity contribution in [2.45, 2.75) is 20.3 Å². The molecule has 0 unspecified atom stereocenters. The van der Waals surface area contributed by atoms with Crippen LogP contribution < -0.4 is 5.32 Å². The zero-order chi connectivity index (χ0) is 12.3. The summed E-state index contributed by atoms with van der Waals surface area (Å²) in [5.41, 5.74) is 1.82. The standard InChI is InChI=1S/C12H15N3OS/c1-8-5-11(9(2)17-8)12(16)14-4-3-10-6-13-7-15-10/h5-7H,3-4H2,1-2H3,(H,13,15)(H,14,16). The Morgan fingerprint density at radius 1 is 1.53 bits per heavy atom. The van der Waals surface area contributed by atoms with E-state index in [0.717, 1.165) is 22.6 Å². The maximum Gasteiger partial charge on any atom is 0.252 e. The summed E-state index contributed by atoms with van der Waals surface area (Å²) in [6, 6.07) is 1.94. The highest BCUT2D eigenvalue weighted by molar-refractivity contribution is 7.12. The van der Waals surface area contributed by atoms with Crippen LogP contribution in [0.1, 0.15) is 25.8 Å². The van der Waals surface area contributed by atoms with E-state index in [9.17, 15) is 4.79 Å². The van der Waals surface area contributed by atoms with E-state index in [1.165, 1.54) is 4.88 Å². The van der Waals surface area contributed by atoms with Crippen molar-refractivity contribution in [2.24, 2.45) is 0 Å². The monoisotopic (exact) mass is 249 g/mol. The van der Waals surface area contributed by atoms with E-state index in [1.54, 1.807) is 23.9 Å². The van der Waals surface area contributed by atoms with Gasteiger partial charge in [-0.05, 0) is 19.9 Å². The highest BCUT2D eigenvalue weighted by atomic mass is 32.1. The Bertz CT molecular complexity index is 502. The van der Waals surface area contributed by atoms with Gasteiger partial charge in [0.2, 0.25) is 0 Å². The first kappa shape index (κ1) is 11.9. The highest BCUT2D eigenvalue weighted by Gasteiger charge is 2.11. The molecule has 0 bridgehead atoms. The third-order valence-electron chi connectivity index (χ3n) is 2.52. The van der Waals surface area contributed by atoms with Gasteiger partial charge in [0.1, 0.15) is 0 Å². The first-order valence-electron chi connectivity index (χ1n) is 5.49. The number of rotatable bonds is 4. The summed E-state index contributed by atoms with van der Waals surface area (Å²) < 4.78 is 0. The maximum absolute atomic E-state index is 11.9. The molecule has 0 saturated carbocycles. The van der Waals surface area contributed by atoms with Gasteiger partial charge in [-0.1, -0.05) is 0 Å². The number of nitrogens with one attached hydrogen (secondary N) is 2.